The zero-order chi connectivity index (χ0) is 11.8. The first-order valence-corrected chi connectivity index (χ1v) is 6.06. The highest BCUT2D eigenvalue weighted by Gasteiger charge is 2.22. The van der Waals surface area contributed by atoms with Gasteiger partial charge < -0.3 is 10.1 Å². The van der Waals surface area contributed by atoms with Crippen LogP contribution in [0.4, 0.5) is 0 Å². The first kappa shape index (κ1) is 14.9. The van der Waals surface area contributed by atoms with Crippen molar-refractivity contribution in [2.24, 2.45) is 0 Å². The van der Waals surface area contributed by atoms with Crippen LogP contribution in [0, 0.1) is 0 Å². The number of ether oxygens (including phenoxy) is 1. The zero-order valence-electron chi connectivity index (χ0n) is 11.2. The second-order valence-corrected chi connectivity index (χ2v) is 4.22. The van der Waals surface area contributed by atoms with Crippen LogP contribution in [0.15, 0.2) is 0 Å². The van der Waals surface area contributed by atoms with Crippen LogP contribution in [0.3, 0.4) is 0 Å². The van der Waals surface area contributed by atoms with Crippen LogP contribution >= 0.6 is 0 Å². The Balaban J connectivity index is 4.24. The Morgan fingerprint density at radius 1 is 1.20 bits per heavy atom. The lowest BCUT2D eigenvalue weighted by molar-refractivity contribution is 0.0676. The van der Waals surface area contributed by atoms with Crippen LogP contribution in [0.5, 0.6) is 0 Å². The maximum atomic E-state index is 5.21. The summed E-state index contributed by atoms with van der Waals surface area (Å²) in [6.45, 7) is 14.0. The summed E-state index contributed by atoms with van der Waals surface area (Å²) in [6, 6.07) is 1.55. The molecule has 0 heterocycles. The maximum Gasteiger partial charge on any atom is 0.0615 e. The highest BCUT2D eigenvalue weighted by molar-refractivity contribution is 4.80. The van der Waals surface area contributed by atoms with Gasteiger partial charge in [-0.1, -0.05) is 13.8 Å². The van der Waals surface area contributed by atoms with E-state index < -0.39 is 0 Å². The molecule has 0 rings (SSSR count). The number of methoxy groups -OCH3 is 1. The third-order valence-electron chi connectivity index (χ3n) is 3.11. The fraction of sp³-hybridized carbons (Fsp3) is 1.00. The van der Waals surface area contributed by atoms with E-state index in [2.05, 4.69) is 44.8 Å². The highest BCUT2D eigenvalue weighted by Crippen LogP contribution is 2.09. The normalized spacial score (nSPS) is 17.8. The van der Waals surface area contributed by atoms with Crippen molar-refractivity contribution in [3.05, 3.63) is 0 Å². The van der Waals surface area contributed by atoms with Crippen molar-refractivity contribution in [3.63, 3.8) is 0 Å². The van der Waals surface area contributed by atoms with Gasteiger partial charge in [-0.05, 0) is 33.9 Å². The van der Waals surface area contributed by atoms with Crippen molar-refractivity contribution in [2.45, 2.75) is 52.7 Å². The average Bonchev–Trinajstić information content (AvgIpc) is 2.19. The lowest BCUT2D eigenvalue weighted by Crippen LogP contribution is -2.51. The molecule has 0 spiro atoms. The minimum atomic E-state index is 0.483. The molecular weight excluding hydrogens is 188 g/mol. The van der Waals surface area contributed by atoms with Gasteiger partial charge in [0, 0.05) is 25.2 Å². The Kier molecular flexibility index (Phi) is 8.02. The summed E-state index contributed by atoms with van der Waals surface area (Å²) in [5.41, 5.74) is 0. The molecule has 0 saturated heterocycles. The number of nitrogens with zero attached hydrogens (tertiary/aromatic N) is 1. The van der Waals surface area contributed by atoms with Gasteiger partial charge in [-0.15, -0.1) is 0 Å². The molecule has 0 aromatic heterocycles. The number of hydrogen-bond acceptors (Lipinski definition) is 3. The number of nitrogens with one attached hydrogen (secondary N) is 1. The number of rotatable bonds is 8. The molecule has 3 unspecified atom stereocenters. The predicted octanol–water partition coefficient (Wildman–Crippen LogP) is 1.73. The molecule has 0 radical (unpaired) electrons. The van der Waals surface area contributed by atoms with E-state index in [4.69, 9.17) is 4.74 Å². The molecule has 0 aliphatic carbocycles. The summed E-state index contributed by atoms with van der Waals surface area (Å²) in [7, 11) is 1.77. The maximum absolute atomic E-state index is 5.21. The van der Waals surface area contributed by atoms with Crippen LogP contribution in [-0.4, -0.2) is 49.8 Å². The Hall–Kier alpha value is -0.120. The number of hydrogen-bond donors (Lipinski definition) is 1. The van der Waals surface area contributed by atoms with Gasteiger partial charge in [-0.3, -0.25) is 4.90 Å². The van der Waals surface area contributed by atoms with Gasteiger partial charge in [0.05, 0.1) is 6.61 Å². The van der Waals surface area contributed by atoms with E-state index in [0.717, 1.165) is 19.7 Å². The summed E-state index contributed by atoms with van der Waals surface area (Å²) in [6.07, 6.45) is 0. The summed E-state index contributed by atoms with van der Waals surface area (Å²) in [4.78, 5) is 2.48. The molecule has 0 amide bonds. The molecule has 0 aromatic carbocycles. The summed E-state index contributed by atoms with van der Waals surface area (Å²) in [5.74, 6) is 0. The van der Waals surface area contributed by atoms with Gasteiger partial charge in [-0.2, -0.15) is 0 Å². The minimum absolute atomic E-state index is 0.483. The van der Waals surface area contributed by atoms with Gasteiger partial charge in [0.2, 0.25) is 0 Å². The molecule has 3 atom stereocenters. The van der Waals surface area contributed by atoms with E-state index in [9.17, 15) is 0 Å². The fourth-order valence-corrected chi connectivity index (χ4v) is 2.12. The van der Waals surface area contributed by atoms with Crippen LogP contribution < -0.4 is 5.32 Å². The van der Waals surface area contributed by atoms with Crippen molar-refractivity contribution in [1.29, 1.82) is 0 Å². The zero-order valence-corrected chi connectivity index (χ0v) is 11.2. The average molecular weight is 216 g/mol. The molecule has 15 heavy (non-hydrogen) atoms. The quantitative estimate of drug-likeness (QED) is 0.669. The van der Waals surface area contributed by atoms with E-state index in [1.807, 2.05) is 0 Å². The Labute approximate surface area is 95.2 Å². The van der Waals surface area contributed by atoms with E-state index in [1.54, 1.807) is 7.11 Å². The second-order valence-electron chi connectivity index (χ2n) is 4.22. The van der Waals surface area contributed by atoms with Gasteiger partial charge in [-0.25, -0.2) is 0 Å². The van der Waals surface area contributed by atoms with Crippen molar-refractivity contribution in [3.8, 4) is 0 Å². The molecule has 1 N–H and O–H groups in total. The summed E-state index contributed by atoms with van der Waals surface area (Å²) in [5, 5.41) is 3.47. The van der Waals surface area contributed by atoms with Gasteiger partial charge in [0.1, 0.15) is 0 Å². The van der Waals surface area contributed by atoms with E-state index >= 15 is 0 Å². The smallest absolute Gasteiger partial charge is 0.0615 e. The molecule has 3 nitrogen and oxygen atoms in total. The Morgan fingerprint density at radius 2 is 1.80 bits per heavy atom. The van der Waals surface area contributed by atoms with Crippen molar-refractivity contribution in [2.75, 3.05) is 26.8 Å². The van der Waals surface area contributed by atoms with Crippen LogP contribution in [-0.2, 0) is 4.74 Å². The van der Waals surface area contributed by atoms with Crippen LogP contribution in [0.2, 0.25) is 0 Å². The number of likely N-dealkylation sites (N-methyl/N-ethyl adjacent to an activating group) is 2. The fourth-order valence-electron chi connectivity index (χ4n) is 2.12. The Morgan fingerprint density at radius 3 is 2.20 bits per heavy atom. The molecule has 0 bridgehead atoms. The van der Waals surface area contributed by atoms with Gasteiger partial charge in [0.15, 0.2) is 0 Å². The molecule has 0 aliphatic rings. The highest BCUT2D eigenvalue weighted by atomic mass is 16.5. The standard InChI is InChI=1S/C12H28N2O/c1-7-13-11(4)12(5)14(8-2)10(3)9-15-6/h10-13H,7-9H2,1-6H3. The second kappa shape index (κ2) is 8.08. The molecule has 0 fully saturated rings. The first-order valence-electron chi connectivity index (χ1n) is 6.06. The first-order chi connectivity index (χ1) is 7.08. The molecule has 3 heteroatoms. The van der Waals surface area contributed by atoms with E-state index in [1.165, 1.54) is 0 Å². The monoisotopic (exact) mass is 216 g/mol. The third-order valence-corrected chi connectivity index (χ3v) is 3.11. The largest absolute Gasteiger partial charge is 0.383 e. The minimum Gasteiger partial charge on any atom is -0.383 e. The molecule has 0 aromatic rings. The predicted molar refractivity (Wildman–Crippen MR) is 66.3 cm³/mol. The SMILES string of the molecule is CCNC(C)C(C)N(CC)C(C)COC. The van der Waals surface area contributed by atoms with Crippen molar-refractivity contribution >= 4 is 0 Å². The molecular formula is C12H28N2O. The van der Waals surface area contributed by atoms with Gasteiger partial charge in [0.25, 0.3) is 0 Å². The van der Waals surface area contributed by atoms with Crippen LogP contribution in [0.25, 0.3) is 0 Å². The topological polar surface area (TPSA) is 24.5 Å². The van der Waals surface area contributed by atoms with Crippen molar-refractivity contribution in [1.82, 2.24) is 10.2 Å². The Bertz CT molecular complexity index is 153. The van der Waals surface area contributed by atoms with Gasteiger partial charge >= 0.3 is 0 Å². The lowest BCUT2D eigenvalue weighted by atomic mass is 10.1. The van der Waals surface area contributed by atoms with E-state index in [0.29, 0.717) is 18.1 Å². The van der Waals surface area contributed by atoms with Crippen LogP contribution in [0.1, 0.15) is 34.6 Å². The molecule has 0 saturated carbocycles. The lowest BCUT2D eigenvalue weighted by Gasteiger charge is -2.36. The molecule has 92 valence electrons. The molecule has 0 aliphatic heterocycles. The summed E-state index contributed by atoms with van der Waals surface area (Å²) < 4.78 is 5.21. The van der Waals surface area contributed by atoms with Crippen molar-refractivity contribution < 1.29 is 4.74 Å². The summed E-state index contributed by atoms with van der Waals surface area (Å²) >= 11 is 0. The van der Waals surface area contributed by atoms with E-state index in [-0.39, 0.29) is 0 Å². The third kappa shape index (κ3) is 4.96.